The van der Waals surface area contributed by atoms with E-state index in [9.17, 15) is 0 Å². The first-order valence-electron chi connectivity index (χ1n) is 8.18. The largest absolute Gasteiger partial charge is 0.345 e. The van der Waals surface area contributed by atoms with Crippen molar-refractivity contribution in [3.05, 3.63) is 10.6 Å². The summed E-state index contributed by atoms with van der Waals surface area (Å²) in [5, 5.41) is 4.79. The predicted octanol–water partition coefficient (Wildman–Crippen LogP) is 3.89. The highest BCUT2D eigenvalue weighted by molar-refractivity contribution is 7.15. The van der Waals surface area contributed by atoms with Crippen molar-refractivity contribution in [3.63, 3.8) is 0 Å². The van der Waals surface area contributed by atoms with Crippen molar-refractivity contribution in [1.82, 2.24) is 10.3 Å². The number of aryl methyl sites for hydroxylation is 1. The van der Waals surface area contributed by atoms with E-state index >= 15 is 0 Å². The van der Waals surface area contributed by atoms with Crippen LogP contribution in [0.2, 0.25) is 0 Å². The first-order chi connectivity index (χ1) is 9.70. The van der Waals surface area contributed by atoms with E-state index in [1.54, 1.807) is 0 Å². The van der Waals surface area contributed by atoms with Gasteiger partial charge in [0, 0.05) is 23.5 Å². The molecule has 1 aromatic rings. The smallest absolute Gasteiger partial charge is 0.186 e. The third-order valence-corrected chi connectivity index (χ3v) is 6.34. The SMILES string of the molecule is CCNC(C)c1sc(N2CCCC3CCCC32)nc1C. The molecule has 3 unspecified atom stereocenters. The second-order valence-corrected chi connectivity index (χ2v) is 7.33. The Morgan fingerprint density at radius 3 is 2.95 bits per heavy atom. The van der Waals surface area contributed by atoms with Crippen LogP contribution in [0.5, 0.6) is 0 Å². The highest BCUT2D eigenvalue weighted by atomic mass is 32.1. The zero-order chi connectivity index (χ0) is 14.1. The summed E-state index contributed by atoms with van der Waals surface area (Å²) in [5.41, 5.74) is 1.22. The molecule has 2 heterocycles. The molecule has 3 nitrogen and oxygen atoms in total. The fourth-order valence-electron chi connectivity index (χ4n) is 4.01. The number of rotatable bonds is 4. The van der Waals surface area contributed by atoms with Gasteiger partial charge in [0.05, 0.1) is 5.69 Å². The summed E-state index contributed by atoms with van der Waals surface area (Å²) in [6.45, 7) is 8.81. The van der Waals surface area contributed by atoms with Crippen LogP contribution in [0.25, 0.3) is 0 Å². The number of thiazole rings is 1. The highest BCUT2D eigenvalue weighted by Crippen LogP contribution is 2.41. The van der Waals surface area contributed by atoms with Crippen LogP contribution in [0.1, 0.15) is 62.6 Å². The molecule has 2 aliphatic rings. The molecule has 3 rings (SSSR count). The van der Waals surface area contributed by atoms with Crippen molar-refractivity contribution in [2.24, 2.45) is 5.92 Å². The first kappa shape index (κ1) is 14.3. The lowest BCUT2D eigenvalue weighted by molar-refractivity contribution is 0.362. The van der Waals surface area contributed by atoms with Crippen molar-refractivity contribution in [2.45, 2.75) is 65.0 Å². The molecule has 3 atom stereocenters. The van der Waals surface area contributed by atoms with Crippen molar-refractivity contribution in [2.75, 3.05) is 18.0 Å². The summed E-state index contributed by atoms with van der Waals surface area (Å²) < 4.78 is 0. The second-order valence-electron chi connectivity index (χ2n) is 6.32. The molecule has 0 radical (unpaired) electrons. The fourth-order valence-corrected chi connectivity index (χ4v) is 5.19. The molecule has 0 bridgehead atoms. The number of aromatic nitrogens is 1. The van der Waals surface area contributed by atoms with E-state index in [1.165, 1.54) is 54.4 Å². The van der Waals surface area contributed by atoms with E-state index in [-0.39, 0.29) is 0 Å². The Kier molecular flexibility index (Phi) is 4.32. The van der Waals surface area contributed by atoms with Gasteiger partial charge in [-0.3, -0.25) is 0 Å². The Hall–Kier alpha value is -0.610. The van der Waals surface area contributed by atoms with Crippen LogP contribution >= 0.6 is 11.3 Å². The number of anilines is 1. The Bertz CT molecular complexity index is 457. The van der Waals surface area contributed by atoms with E-state index in [0.717, 1.165) is 18.5 Å². The monoisotopic (exact) mass is 293 g/mol. The Morgan fingerprint density at radius 2 is 2.15 bits per heavy atom. The molecule has 2 fully saturated rings. The summed E-state index contributed by atoms with van der Waals surface area (Å²) in [5.74, 6) is 0.933. The molecular weight excluding hydrogens is 266 g/mol. The normalized spacial score (nSPS) is 27.6. The highest BCUT2D eigenvalue weighted by Gasteiger charge is 2.36. The van der Waals surface area contributed by atoms with Crippen molar-refractivity contribution >= 4 is 16.5 Å². The Balaban J connectivity index is 1.81. The van der Waals surface area contributed by atoms with E-state index in [1.807, 2.05) is 11.3 Å². The zero-order valence-corrected chi connectivity index (χ0v) is 13.8. The molecule has 4 heteroatoms. The van der Waals surface area contributed by atoms with Crippen LogP contribution in [0.4, 0.5) is 5.13 Å². The molecule has 1 aliphatic heterocycles. The minimum absolute atomic E-state index is 0.426. The second kappa shape index (κ2) is 6.02. The molecule has 1 N–H and O–H groups in total. The first-order valence-corrected chi connectivity index (χ1v) is 8.99. The van der Waals surface area contributed by atoms with Gasteiger partial charge in [-0.25, -0.2) is 4.98 Å². The van der Waals surface area contributed by atoms with E-state index in [4.69, 9.17) is 4.98 Å². The number of hydrogen-bond donors (Lipinski definition) is 1. The van der Waals surface area contributed by atoms with E-state index in [0.29, 0.717) is 6.04 Å². The number of fused-ring (bicyclic) bond motifs is 1. The molecule has 1 saturated carbocycles. The summed E-state index contributed by atoms with van der Waals surface area (Å²) >= 11 is 1.92. The standard InChI is InChI=1S/C16H27N3S/c1-4-17-11(2)15-12(3)18-16(20-15)19-10-6-8-13-7-5-9-14(13)19/h11,13-14,17H,4-10H2,1-3H3. The molecular formula is C16H27N3S. The average molecular weight is 293 g/mol. The topological polar surface area (TPSA) is 28.2 Å². The summed E-state index contributed by atoms with van der Waals surface area (Å²) in [7, 11) is 0. The summed E-state index contributed by atoms with van der Waals surface area (Å²) in [6, 6.07) is 1.20. The lowest BCUT2D eigenvalue weighted by Crippen LogP contribution is -2.42. The summed E-state index contributed by atoms with van der Waals surface area (Å²) in [6.07, 6.45) is 7.01. The quantitative estimate of drug-likeness (QED) is 0.913. The zero-order valence-electron chi connectivity index (χ0n) is 13.0. The van der Waals surface area contributed by atoms with E-state index < -0.39 is 0 Å². The molecule has 1 aliphatic carbocycles. The van der Waals surface area contributed by atoms with Gasteiger partial charge in [0.2, 0.25) is 0 Å². The molecule has 1 saturated heterocycles. The van der Waals surface area contributed by atoms with Crippen LogP contribution in [0.3, 0.4) is 0 Å². The number of nitrogens with zero attached hydrogens (tertiary/aromatic N) is 2. The maximum absolute atomic E-state index is 4.90. The van der Waals surface area contributed by atoms with Gasteiger partial charge < -0.3 is 10.2 Å². The fraction of sp³-hybridized carbons (Fsp3) is 0.812. The van der Waals surface area contributed by atoms with Crippen LogP contribution in [-0.4, -0.2) is 24.1 Å². The van der Waals surface area contributed by atoms with Crippen LogP contribution in [-0.2, 0) is 0 Å². The van der Waals surface area contributed by atoms with E-state index in [2.05, 4.69) is 31.0 Å². The molecule has 112 valence electrons. The van der Waals surface area contributed by atoms with Gasteiger partial charge in [-0.05, 0) is 52.0 Å². The van der Waals surface area contributed by atoms with Crippen LogP contribution < -0.4 is 10.2 Å². The van der Waals surface area contributed by atoms with Gasteiger partial charge in [0.15, 0.2) is 5.13 Å². The summed E-state index contributed by atoms with van der Waals surface area (Å²) in [4.78, 5) is 8.95. The molecule has 0 amide bonds. The Labute approximate surface area is 126 Å². The van der Waals surface area contributed by atoms with Crippen molar-refractivity contribution < 1.29 is 0 Å². The third-order valence-electron chi connectivity index (χ3n) is 4.96. The maximum Gasteiger partial charge on any atom is 0.186 e. The van der Waals surface area contributed by atoms with Gasteiger partial charge in [0.1, 0.15) is 0 Å². The molecule has 0 spiro atoms. The minimum Gasteiger partial charge on any atom is -0.345 e. The predicted molar refractivity (Wildman–Crippen MR) is 86.7 cm³/mol. The third kappa shape index (κ3) is 2.60. The number of piperidine rings is 1. The minimum atomic E-state index is 0.426. The van der Waals surface area contributed by atoms with Gasteiger partial charge >= 0.3 is 0 Å². The van der Waals surface area contributed by atoms with Gasteiger partial charge in [-0.1, -0.05) is 13.3 Å². The van der Waals surface area contributed by atoms with Crippen LogP contribution in [0.15, 0.2) is 0 Å². The molecule has 20 heavy (non-hydrogen) atoms. The van der Waals surface area contributed by atoms with Crippen LogP contribution in [0, 0.1) is 12.8 Å². The Morgan fingerprint density at radius 1 is 1.35 bits per heavy atom. The average Bonchev–Trinajstić information content (AvgIpc) is 3.04. The van der Waals surface area contributed by atoms with Gasteiger partial charge in [-0.15, -0.1) is 11.3 Å². The lowest BCUT2D eigenvalue weighted by atomic mass is 9.92. The van der Waals surface area contributed by atoms with Crippen molar-refractivity contribution in [3.8, 4) is 0 Å². The molecule has 0 aromatic carbocycles. The van der Waals surface area contributed by atoms with Gasteiger partial charge in [0.25, 0.3) is 0 Å². The van der Waals surface area contributed by atoms with Gasteiger partial charge in [-0.2, -0.15) is 0 Å². The molecule has 1 aromatic heterocycles. The maximum atomic E-state index is 4.90. The number of nitrogens with one attached hydrogen (secondary N) is 1. The van der Waals surface area contributed by atoms with Crippen molar-refractivity contribution in [1.29, 1.82) is 0 Å². The lowest BCUT2D eigenvalue weighted by Gasteiger charge is -2.37. The number of hydrogen-bond acceptors (Lipinski definition) is 4.